The lowest BCUT2D eigenvalue weighted by atomic mass is 10.2. The molecule has 1 aliphatic carbocycles. The van der Waals surface area contributed by atoms with Crippen LogP contribution in [-0.2, 0) is 0 Å². The van der Waals surface area contributed by atoms with Gasteiger partial charge in [-0.1, -0.05) is 11.8 Å². The fourth-order valence-electron chi connectivity index (χ4n) is 2.29. The Bertz CT molecular complexity index is 593. The summed E-state index contributed by atoms with van der Waals surface area (Å²) in [4.78, 5) is 16.9. The highest BCUT2D eigenvalue weighted by Gasteiger charge is 2.40. The lowest BCUT2D eigenvalue weighted by molar-refractivity contribution is 0.205. The number of rotatable bonds is 1. The van der Waals surface area contributed by atoms with Gasteiger partial charge in [-0.3, -0.25) is 4.99 Å². The van der Waals surface area contributed by atoms with Crippen LogP contribution < -0.4 is 10.6 Å². The second-order valence-corrected chi connectivity index (χ2v) is 6.00. The Labute approximate surface area is 119 Å². The number of nitrogens with two attached hydrogens (primary N) is 1. The van der Waals surface area contributed by atoms with Gasteiger partial charge < -0.3 is 10.8 Å². The van der Waals surface area contributed by atoms with Gasteiger partial charge in [0.05, 0.1) is 11.7 Å². The van der Waals surface area contributed by atoms with Crippen LogP contribution >= 0.6 is 11.8 Å². The van der Waals surface area contributed by atoms with E-state index in [-0.39, 0.29) is 11.7 Å². The number of nitrogen functional groups attached to an aromatic ring is 1. The summed E-state index contributed by atoms with van der Waals surface area (Å²) in [6.07, 6.45) is 0.770. The lowest BCUT2D eigenvalue weighted by Gasteiger charge is -2.21. The maximum Gasteiger partial charge on any atom is 0.418 e. The minimum absolute atomic E-state index is 0.0668. The summed E-state index contributed by atoms with van der Waals surface area (Å²) in [5, 5.41) is 9.75. The Morgan fingerprint density at radius 3 is 3.10 bits per heavy atom. The molecule has 2 atom stereocenters. The molecule has 2 unspecified atom stereocenters. The van der Waals surface area contributed by atoms with Crippen LogP contribution in [0.4, 0.5) is 20.6 Å². The van der Waals surface area contributed by atoms with Crippen molar-refractivity contribution in [1.82, 2.24) is 0 Å². The van der Waals surface area contributed by atoms with Gasteiger partial charge in [0.1, 0.15) is 5.82 Å². The number of fused-ring (bicyclic) bond motifs is 1. The Hall–Kier alpha value is -1.76. The second-order valence-electron chi connectivity index (χ2n) is 4.94. The average Bonchev–Trinajstić information content (AvgIpc) is 3.11. The number of thioether (sulfide) groups is 1. The van der Waals surface area contributed by atoms with E-state index in [1.165, 1.54) is 30.0 Å². The van der Waals surface area contributed by atoms with Crippen LogP contribution in [0.25, 0.3) is 0 Å². The summed E-state index contributed by atoms with van der Waals surface area (Å²) in [6.45, 7) is 0. The van der Waals surface area contributed by atoms with Crippen molar-refractivity contribution in [3.8, 4) is 0 Å². The van der Waals surface area contributed by atoms with E-state index in [0.29, 0.717) is 16.8 Å². The molecule has 0 spiro atoms. The van der Waals surface area contributed by atoms with Gasteiger partial charge in [0.2, 0.25) is 0 Å². The molecule has 1 amide bonds. The number of carboxylic acid groups (broad SMARTS) is 1. The fraction of sp³-hybridized carbons (Fsp3) is 0.385. The number of halogens is 1. The third kappa shape index (κ3) is 2.45. The van der Waals surface area contributed by atoms with Crippen molar-refractivity contribution in [3.63, 3.8) is 0 Å². The maximum atomic E-state index is 13.9. The van der Waals surface area contributed by atoms with Crippen molar-refractivity contribution in [2.75, 3.05) is 16.4 Å². The number of nitrogens with zero attached hydrogens (tertiary/aromatic N) is 2. The molecule has 1 heterocycles. The predicted molar refractivity (Wildman–Crippen MR) is 77.7 cm³/mol. The maximum absolute atomic E-state index is 13.9. The monoisotopic (exact) mass is 295 g/mol. The molecule has 0 saturated heterocycles. The molecule has 2 aliphatic rings. The molecule has 20 heavy (non-hydrogen) atoms. The van der Waals surface area contributed by atoms with Gasteiger partial charge in [-0.25, -0.2) is 14.1 Å². The van der Waals surface area contributed by atoms with Crippen LogP contribution in [0.15, 0.2) is 23.2 Å². The molecule has 3 N–H and O–H groups in total. The van der Waals surface area contributed by atoms with Gasteiger partial charge in [0.15, 0.2) is 5.17 Å². The molecule has 1 fully saturated rings. The molecule has 1 saturated carbocycles. The van der Waals surface area contributed by atoms with E-state index in [4.69, 9.17) is 5.73 Å². The Morgan fingerprint density at radius 2 is 2.35 bits per heavy atom. The van der Waals surface area contributed by atoms with Crippen molar-refractivity contribution in [2.24, 2.45) is 10.9 Å². The highest BCUT2D eigenvalue weighted by Crippen LogP contribution is 2.41. The number of benzene rings is 1. The average molecular weight is 295 g/mol. The Morgan fingerprint density at radius 1 is 1.55 bits per heavy atom. The van der Waals surface area contributed by atoms with E-state index in [9.17, 15) is 14.3 Å². The van der Waals surface area contributed by atoms with E-state index in [2.05, 4.69) is 4.99 Å². The summed E-state index contributed by atoms with van der Waals surface area (Å²) < 4.78 is 13.9. The molecule has 1 aliphatic heterocycles. The molecule has 0 aromatic heterocycles. The zero-order chi connectivity index (χ0) is 14.3. The molecule has 1 aromatic rings. The zero-order valence-electron chi connectivity index (χ0n) is 10.6. The predicted octanol–water partition coefficient (Wildman–Crippen LogP) is 2.77. The molecular weight excluding hydrogens is 281 g/mol. The first kappa shape index (κ1) is 13.2. The van der Waals surface area contributed by atoms with Crippen LogP contribution in [0.3, 0.4) is 0 Å². The van der Waals surface area contributed by atoms with Crippen LogP contribution in [0.2, 0.25) is 0 Å². The van der Waals surface area contributed by atoms with Crippen LogP contribution in [0.5, 0.6) is 0 Å². The third-order valence-electron chi connectivity index (χ3n) is 3.47. The number of aliphatic imine (C=N–C) groups is 1. The van der Waals surface area contributed by atoms with Crippen molar-refractivity contribution < 1.29 is 14.3 Å². The Kier molecular flexibility index (Phi) is 3.29. The van der Waals surface area contributed by atoms with Crippen LogP contribution in [0.1, 0.15) is 12.8 Å². The van der Waals surface area contributed by atoms with Gasteiger partial charge >= 0.3 is 6.09 Å². The number of amides is 1. The molecular formula is C13H14FN3O2S. The first-order valence-electron chi connectivity index (χ1n) is 6.35. The molecule has 0 bridgehead atoms. The minimum atomic E-state index is -1.25. The number of hydrogen-bond donors (Lipinski definition) is 2. The summed E-state index contributed by atoms with van der Waals surface area (Å²) >= 11 is 1.35. The van der Waals surface area contributed by atoms with Gasteiger partial charge in [0, 0.05) is 11.4 Å². The highest BCUT2D eigenvalue weighted by atomic mass is 32.2. The van der Waals surface area contributed by atoms with E-state index < -0.39 is 11.9 Å². The quantitative estimate of drug-likeness (QED) is 0.781. The van der Waals surface area contributed by atoms with Crippen molar-refractivity contribution in [2.45, 2.75) is 18.9 Å². The summed E-state index contributed by atoms with van der Waals surface area (Å²) in [5.74, 6) is 0.732. The first-order chi connectivity index (χ1) is 9.56. The number of anilines is 2. The van der Waals surface area contributed by atoms with Crippen LogP contribution in [-0.4, -0.2) is 28.2 Å². The number of amidine groups is 1. The highest BCUT2D eigenvalue weighted by molar-refractivity contribution is 8.14. The first-order valence-corrected chi connectivity index (χ1v) is 7.33. The zero-order valence-corrected chi connectivity index (χ0v) is 11.4. The van der Waals surface area contributed by atoms with Crippen molar-refractivity contribution in [1.29, 1.82) is 0 Å². The molecule has 5 nitrogen and oxygen atoms in total. The SMILES string of the molecule is Nc1ccc(F)c(N(C(=O)O)C2=NC3CC3CCS2)c1. The largest absolute Gasteiger partial charge is 0.464 e. The molecule has 0 radical (unpaired) electrons. The molecule has 1 aromatic carbocycles. The normalized spacial score (nSPS) is 24.4. The lowest BCUT2D eigenvalue weighted by Crippen LogP contribution is -2.35. The molecule has 3 rings (SSSR count). The number of carbonyl (C=O) groups is 1. The van der Waals surface area contributed by atoms with Crippen LogP contribution in [0, 0.1) is 11.7 Å². The molecule has 106 valence electrons. The van der Waals surface area contributed by atoms with E-state index in [1.54, 1.807) is 0 Å². The van der Waals surface area contributed by atoms with E-state index in [1.807, 2.05) is 0 Å². The summed E-state index contributed by atoms with van der Waals surface area (Å²) in [6, 6.07) is 4.08. The van der Waals surface area contributed by atoms with Crippen molar-refractivity contribution >= 4 is 34.4 Å². The standard InChI is InChI=1S/C13H14FN3O2S/c14-9-2-1-8(15)6-11(9)17(13(18)19)12-16-10-5-7(10)3-4-20-12/h1-2,6-7,10H,3-5,15H2,(H,18,19). The number of hydrogen-bond acceptors (Lipinski definition) is 4. The minimum Gasteiger partial charge on any atom is -0.464 e. The third-order valence-corrected chi connectivity index (χ3v) is 4.46. The van der Waals surface area contributed by atoms with Crippen molar-refractivity contribution in [3.05, 3.63) is 24.0 Å². The van der Waals surface area contributed by atoms with Gasteiger partial charge in [-0.2, -0.15) is 0 Å². The summed E-state index contributed by atoms with van der Waals surface area (Å²) in [5.41, 5.74) is 5.88. The van der Waals surface area contributed by atoms with E-state index in [0.717, 1.165) is 23.5 Å². The fourth-order valence-corrected chi connectivity index (χ4v) is 3.41. The van der Waals surface area contributed by atoms with E-state index >= 15 is 0 Å². The van der Waals surface area contributed by atoms with Gasteiger partial charge in [-0.15, -0.1) is 0 Å². The smallest absolute Gasteiger partial charge is 0.418 e. The summed E-state index contributed by atoms with van der Waals surface area (Å²) in [7, 11) is 0. The topological polar surface area (TPSA) is 78.9 Å². The second kappa shape index (κ2) is 4.97. The Balaban J connectivity index is 2.00. The van der Waals surface area contributed by atoms with Gasteiger partial charge in [0.25, 0.3) is 0 Å². The molecule has 7 heteroatoms. The van der Waals surface area contributed by atoms with Gasteiger partial charge in [-0.05, 0) is 37.0 Å².